The molecule has 11 heteroatoms. The van der Waals surface area contributed by atoms with Gasteiger partial charge in [0.25, 0.3) is 0 Å². The van der Waals surface area contributed by atoms with Crippen molar-refractivity contribution >= 4 is 23.7 Å². The van der Waals surface area contributed by atoms with Crippen LogP contribution in [0.25, 0.3) is 0 Å². The predicted octanol–water partition coefficient (Wildman–Crippen LogP) is 3.14. The van der Waals surface area contributed by atoms with Gasteiger partial charge in [-0.15, -0.1) is 0 Å². The normalized spacial score (nSPS) is 12.2. The molecule has 0 aliphatic rings. The smallest absolute Gasteiger partial charge is 0.408 e. The van der Waals surface area contributed by atoms with Crippen LogP contribution in [0.3, 0.4) is 0 Å². The van der Waals surface area contributed by atoms with Crippen molar-refractivity contribution in [3.63, 3.8) is 0 Å². The zero-order chi connectivity index (χ0) is 26.7. The number of ether oxygens (including phenoxy) is 3. The Labute approximate surface area is 209 Å². The number of amides is 2. The maximum Gasteiger partial charge on any atom is 0.408 e. The van der Waals surface area contributed by atoms with E-state index in [4.69, 9.17) is 14.2 Å². The fraction of sp³-hybridized carbons (Fsp3) is 0.400. The van der Waals surface area contributed by atoms with Gasteiger partial charge in [-0.25, -0.2) is 9.59 Å². The zero-order valence-electron chi connectivity index (χ0n) is 20.7. The van der Waals surface area contributed by atoms with Crippen LogP contribution < -0.4 is 15.4 Å². The van der Waals surface area contributed by atoms with Crippen LogP contribution in [-0.2, 0) is 32.1 Å². The second-order valence-electron chi connectivity index (χ2n) is 8.44. The molecule has 0 aliphatic heterocycles. The van der Waals surface area contributed by atoms with E-state index in [-0.39, 0.29) is 36.8 Å². The predicted molar refractivity (Wildman–Crippen MR) is 130 cm³/mol. The Morgan fingerprint density at radius 3 is 2.25 bits per heavy atom. The summed E-state index contributed by atoms with van der Waals surface area (Å²) >= 11 is 0. The fourth-order valence-electron chi connectivity index (χ4n) is 3.46. The number of esters is 1. The number of hydrogen-bond donors (Lipinski definition) is 2. The second-order valence-corrected chi connectivity index (χ2v) is 8.44. The highest BCUT2D eigenvalue weighted by atomic mass is 16.6. The molecular formula is C25H31N3O8. The van der Waals surface area contributed by atoms with E-state index in [9.17, 15) is 24.5 Å². The van der Waals surface area contributed by atoms with Gasteiger partial charge in [-0.05, 0) is 29.5 Å². The van der Waals surface area contributed by atoms with Gasteiger partial charge in [0, 0.05) is 12.5 Å². The number of hydrogen-bond acceptors (Lipinski definition) is 8. The van der Waals surface area contributed by atoms with Gasteiger partial charge in [0.15, 0.2) is 5.75 Å². The van der Waals surface area contributed by atoms with E-state index in [0.717, 1.165) is 5.56 Å². The van der Waals surface area contributed by atoms with Crippen molar-refractivity contribution in [2.24, 2.45) is 5.92 Å². The zero-order valence-corrected chi connectivity index (χ0v) is 20.7. The summed E-state index contributed by atoms with van der Waals surface area (Å²) < 4.78 is 15.0. The largest absolute Gasteiger partial charge is 0.490 e. The fourth-order valence-corrected chi connectivity index (χ4v) is 3.46. The summed E-state index contributed by atoms with van der Waals surface area (Å²) in [6, 6.07) is 11.2. The summed E-state index contributed by atoms with van der Waals surface area (Å²) in [6.45, 7) is 3.79. The molecule has 0 saturated heterocycles. The number of carbonyl (C=O) groups is 3. The molecule has 0 bridgehead atoms. The third kappa shape index (κ3) is 8.57. The van der Waals surface area contributed by atoms with E-state index in [1.807, 2.05) is 32.0 Å². The van der Waals surface area contributed by atoms with E-state index in [2.05, 4.69) is 10.6 Å². The summed E-state index contributed by atoms with van der Waals surface area (Å²) in [5.41, 5.74) is 0.927. The first-order chi connectivity index (χ1) is 17.1. The molecule has 0 aromatic heterocycles. The minimum absolute atomic E-state index is 0.0315. The Morgan fingerprint density at radius 2 is 1.67 bits per heavy atom. The summed E-state index contributed by atoms with van der Waals surface area (Å²) in [4.78, 5) is 48.6. The first-order valence-corrected chi connectivity index (χ1v) is 11.3. The molecule has 0 unspecified atom stereocenters. The molecule has 194 valence electrons. The molecule has 0 saturated carbocycles. The number of rotatable bonds is 12. The first kappa shape index (κ1) is 28.1. The Bertz CT molecular complexity index is 1060. The van der Waals surface area contributed by atoms with Crippen molar-refractivity contribution in [2.45, 2.75) is 45.4 Å². The summed E-state index contributed by atoms with van der Waals surface area (Å²) in [6.07, 6.45) is -0.565. The Kier molecular flexibility index (Phi) is 10.7. The lowest BCUT2D eigenvalue weighted by Crippen LogP contribution is -2.53. The van der Waals surface area contributed by atoms with Crippen molar-refractivity contribution in [2.75, 3.05) is 14.2 Å². The quantitative estimate of drug-likeness (QED) is 0.256. The van der Waals surface area contributed by atoms with Crippen LogP contribution >= 0.6 is 0 Å². The topological polar surface area (TPSA) is 146 Å². The average molecular weight is 502 g/mol. The van der Waals surface area contributed by atoms with Crippen molar-refractivity contribution in [1.82, 2.24) is 10.6 Å². The van der Waals surface area contributed by atoms with Gasteiger partial charge in [-0.2, -0.15) is 0 Å². The highest BCUT2D eigenvalue weighted by molar-refractivity contribution is 5.89. The summed E-state index contributed by atoms with van der Waals surface area (Å²) in [5.74, 6) is -1.25. The SMILES string of the molecule is COC(=O)[C@H](Cc1ccc(OC)c([N+](=O)[O-])c1)NC(=O)[C@H](CC(C)C)NC(=O)OCc1ccccc1. The monoisotopic (exact) mass is 501 g/mol. The van der Waals surface area contributed by atoms with Crippen molar-refractivity contribution in [1.29, 1.82) is 0 Å². The first-order valence-electron chi connectivity index (χ1n) is 11.3. The standard InChI is InChI=1S/C25H31N3O8/c1-16(2)12-19(27-25(31)36-15-17-8-6-5-7-9-17)23(29)26-20(24(30)35-4)13-18-10-11-22(34-3)21(14-18)28(32)33/h5-11,14,16,19-20H,12-13,15H2,1-4H3,(H,26,29)(H,27,31)/t19-,20-/m0/s1. The molecule has 2 rings (SSSR count). The molecule has 0 fully saturated rings. The minimum atomic E-state index is -1.15. The lowest BCUT2D eigenvalue weighted by molar-refractivity contribution is -0.385. The van der Waals surface area contributed by atoms with Gasteiger partial charge in [0.05, 0.1) is 19.1 Å². The average Bonchev–Trinajstić information content (AvgIpc) is 2.86. The van der Waals surface area contributed by atoms with E-state index in [1.165, 1.54) is 26.4 Å². The van der Waals surface area contributed by atoms with Gasteiger partial charge in [0.1, 0.15) is 18.7 Å². The molecule has 36 heavy (non-hydrogen) atoms. The van der Waals surface area contributed by atoms with Crippen molar-refractivity contribution < 1.29 is 33.5 Å². The van der Waals surface area contributed by atoms with Crippen LogP contribution in [0.2, 0.25) is 0 Å². The third-order valence-corrected chi connectivity index (χ3v) is 5.21. The van der Waals surface area contributed by atoms with Crippen LogP contribution in [0.1, 0.15) is 31.4 Å². The minimum Gasteiger partial charge on any atom is -0.490 e. The molecule has 2 amide bonds. The van der Waals surface area contributed by atoms with Gasteiger partial charge in [-0.1, -0.05) is 50.2 Å². The molecule has 2 aromatic rings. The number of carbonyl (C=O) groups excluding carboxylic acids is 3. The number of nitrogens with zero attached hydrogens (tertiary/aromatic N) is 1. The van der Waals surface area contributed by atoms with Crippen LogP contribution in [0.5, 0.6) is 5.75 Å². The number of methoxy groups -OCH3 is 2. The van der Waals surface area contributed by atoms with Gasteiger partial charge in [0.2, 0.25) is 5.91 Å². The molecule has 2 N–H and O–H groups in total. The van der Waals surface area contributed by atoms with Crippen LogP contribution in [0.15, 0.2) is 48.5 Å². The van der Waals surface area contributed by atoms with E-state index < -0.39 is 35.0 Å². The Morgan fingerprint density at radius 1 is 0.972 bits per heavy atom. The highest BCUT2D eigenvalue weighted by Gasteiger charge is 2.29. The molecule has 0 radical (unpaired) electrons. The number of nitrogens with one attached hydrogen (secondary N) is 2. The number of benzene rings is 2. The molecular weight excluding hydrogens is 470 g/mol. The van der Waals surface area contributed by atoms with E-state index in [0.29, 0.717) is 5.56 Å². The molecule has 0 spiro atoms. The lowest BCUT2D eigenvalue weighted by atomic mass is 10.0. The summed E-state index contributed by atoms with van der Waals surface area (Å²) in [5, 5.41) is 16.5. The van der Waals surface area contributed by atoms with Crippen molar-refractivity contribution in [3.05, 3.63) is 69.8 Å². The van der Waals surface area contributed by atoms with Gasteiger partial charge < -0.3 is 24.8 Å². The van der Waals surface area contributed by atoms with E-state index in [1.54, 1.807) is 18.2 Å². The van der Waals surface area contributed by atoms with Gasteiger partial charge >= 0.3 is 17.7 Å². The number of alkyl carbamates (subject to hydrolysis) is 1. The Balaban J connectivity index is 2.13. The molecule has 2 atom stereocenters. The highest BCUT2D eigenvalue weighted by Crippen LogP contribution is 2.28. The van der Waals surface area contributed by atoms with Crippen LogP contribution in [-0.4, -0.2) is 49.2 Å². The third-order valence-electron chi connectivity index (χ3n) is 5.21. The second kappa shape index (κ2) is 13.7. The maximum atomic E-state index is 13.1. The van der Waals surface area contributed by atoms with Gasteiger partial charge in [-0.3, -0.25) is 14.9 Å². The maximum absolute atomic E-state index is 13.1. The molecule has 11 nitrogen and oxygen atoms in total. The molecule has 2 aromatic carbocycles. The molecule has 0 aliphatic carbocycles. The number of nitro groups is 1. The Hall–Kier alpha value is -4.15. The lowest BCUT2D eigenvalue weighted by Gasteiger charge is -2.23. The summed E-state index contributed by atoms with van der Waals surface area (Å²) in [7, 11) is 2.48. The van der Waals surface area contributed by atoms with Crippen LogP contribution in [0.4, 0.5) is 10.5 Å². The van der Waals surface area contributed by atoms with E-state index >= 15 is 0 Å². The van der Waals surface area contributed by atoms with Crippen LogP contribution in [0, 0.1) is 16.0 Å². The van der Waals surface area contributed by atoms with Crippen molar-refractivity contribution in [3.8, 4) is 5.75 Å². The molecule has 0 heterocycles. The number of nitro benzene ring substituents is 1.